The molecule has 0 spiro atoms. The molecule has 0 bridgehead atoms. The van der Waals surface area contributed by atoms with Crippen molar-refractivity contribution in [2.24, 2.45) is 0 Å². The van der Waals surface area contributed by atoms with Crippen LogP contribution in [-0.4, -0.2) is 31.4 Å². The first-order valence-electron chi connectivity index (χ1n) is 8.71. The van der Waals surface area contributed by atoms with E-state index in [0.29, 0.717) is 16.4 Å². The van der Waals surface area contributed by atoms with Gasteiger partial charge in [-0.1, -0.05) is 17.7 Å². The van der Waals surface area contributed by atoms with E-state index in [2.05, 4.69) is 10.2 Å². The van der Waals surface area contributed by atoms with Gasteiger partial charge in [0.1, 0.15) is 6.54 Å². The molecule has 0 aliphatic carbocycles. The fourth-order valence-corrected chi connectivity index (χ4v) is 3.29. The number of benzene rings is 2. The van der Waals surface area contributed by atoms with Crippen molar-refractivity contribution >= 4 is 40.5 Å². The highest BCUT2D eigenvalue weighted by atomic mass is 35.5. The molecular formula is C20H22ClN3O2. The van der Waals surface area contributed by atoms with E-state index in [0.717, 1.165) is 13.1 Å². The number of carbonyl (C=O) groups is 2. The Bertz CT molecular complexity index is 786. The van der Waals surface area contributed by atoms with Gasteiger partial charge in [-0.15, -0.1) is 0 Å². The minimum absolute atomic E-state index is 0.0659. The number of nitrogens with zero attached hydrogens (tertiary/aromatic N) is 2. The molecular weight excluding hydrogens is 350 g/mol. The van der Waals surface area contributed by atoms with Gasteiger partial charge in [-0.25, -0.2) is 0 Å². The Morgan fingerprint density at radius 1 is 1.12 bits per heavy atom. The fourth-order valence-electron chi connectivity index (χ4n) is 3.10. The predicted molar refractivity (Wildman–Crippen MR) is 106 cm³/mol. The number of rotatable bonds is 5. The lowest BCUT2D eigenvalue weighted by atomic mass is 10.2. The van der Waals surface area contributed by atoms with Crippen molar-refractivity contribution in [1.82, 2.24) is 0 Å². The van der Waals surface area contributed by atoms with Gasteiger partial charge in [0.05, 0.1) is 0 Å². The third-order valence-electron chi connectivity index (χ3n) is 4.42. The van der Waals surface area contributed by atoms with E-state index in [9.17, 15) is 9.59 Å². The molecule has 1 fully saturated rings. The van der Waals surface area contributed by atoms with Crippen molar-refractivity contribution in [3.8, 4) is 0 Å². The first-order chi connectivity index (χ1) is 12.5. The van der Waals surface area contributed by atoms with E-state index < -0.39 is 0 Å². The summed E-state index contributed by atoms with van der Waals surface area (Å²) in [5, 5.41) is 3.37. The summed E-state index contributed by atoms with van der Waals surface area (Å²) >= 11 is 5.99. The number of amides is 2. The first-order valence-corrected chi connectivity index (χ1v) is 9.09. The number of carbonyl (C=O) groups excluding carboxylic acids is 2. The Hall–Kier alpha value is -2.53. The van der Waals surface area contributed by atoms with Crippen LogP contribution in [0.1, 0.15) is 19.8 Å². The fraction of sp³-hybridized carbons (Fsp3) is 0.300. The van der Waals surface area contributed by atoms with E-state index in [1.54, 1.807) is 24.3 Å². The largest absolute Gasteiger partial charge is 0.372 e. The zero-order valence-electron chi connectivity index (χ0n) is 14.7. The van der Waals surface area contributed by atoms with E-state index >= 15 is 0 Å². The highest BCUT2D eigenvalue weighted by molar-refractivity contribution is 6.31. The van der Waals surface area contributed by atoms with Gasteiger partial charge in [0.2, 0.25) is 11.8 Å². The lowest BCUT2D eigenvalue weighted by Gasteiger charge is -2.21. The molecule has 3 rings (SSSR count). The molecule has 1 saturated heterocycles. The topological polar surface area (TPSA) is 52.7 Å². The van der Waals surface area contributed by atoms with E-state index in [1.807, 2.05) is 24.3 Å². The normalized spacial score (nSPS) is 13.5. The Balaban J connectivity index is 1.64. The first kappa shape index (κ1) is 18.3. The second-order valence-corrected chi connectivity index (χ2v) is 6.81. The van der Waals surface area contributed by atoms with Crippen molar-refractivity contribution in [1.29, 1.82) is 0 Å². The molecule has 1 aliphatic rings. The maximum absolute atomic E-state index is 12.4. The van der Waals surface area contributed by atoms with Crippen LogP contribution in [0.15, 0.2) is 48.5 Å². The standard InChI is InChI=1S/C20H22ClN3O2/c1-15(25)24(19-6-4-5-16(21)13-19)14-20(26)22-17-7-9-18(10-8-17)23-11-2-3-12-23/h4-10,13H,2-3,11-12,14H2,1H3,(H,22,26). The molecule has 2 aromatic rings. The smallest absolute Gasteiger partial charge is 0.244 e. The average molecular weight is 372 g/mol. The van der Waals surface area contributed by atoms with Crippen LogP contribution in [0.2, 0.25) is 5.02 Å². The van der Waals surface area contributed by atoms with Crippen LogP contribution >= 0.6 is 11.6 Å². The lowest BCUT2D eigenvalue weighted by molar-refractivity contribution is -0.120. The number of hydrogen-bond acceptors (Lipinski definition) is 3. The Morgan fingerprint density at radius 3 is 2.42 bits per heavy atom. The molecule has 0 aromatic heterocycles. The van der Waals surface area contributed by atoms with Gasteiger partial charge in [-0.3, -0.25) is 9.59 Å². The van der Waals surface area contributed by atoms with Crippen LogP contribution in [-0.2, 0) is 9.59 Å². The Labute approximate surface area is 158 Å². The van der Waals surface area contributed by atoms with Gasteiger partial charge >= 0.3 is 0 Å². The van der Waals surface area contributed by atoms with Crippen LogP contribution in [0.5, 0.6) is 0 Å². The number of nitrogens with one attached hydrogen (secondary N) is 1. The maximum atomic E-state index is 12.4. The molecule has 6 heteroatoms. The SMILES string of the molecule is CC(=O)N(CC(=O)Nc1ccc(N2CCCC2)cc1)c1cccc(Cl)c1. The zero-order chi connectivity index (χ0) is 18.5. The van der Waals surface area contributed by atoms with Gasteiger partial charge in [-0.05, 0) is 55.3 Å². The van der Waals surface area contributed by atoms with Gasteiger partial charge in [0, 0.05) is 42.1 Å². The second kappa shape index (κ2) is 8.23. The molecule has 2 aromatic carbocycles. The lowest BCUT2D eigenvalue weighted by Crippen LogP contribution is -2.36. The molecule has 1 N–H and O–H groups in total. The summed E-state index contributed by atoms with van der Waals surface area (Å²) in [6, 6.07) is 14.7. The molecule has 1 heterocycles. The summed E-state index contributed by atoms with van der Waals surface area (Å²) < 4.78 is 0. The van der Waals surface area contributed by atoms with E-state index in [4.69, 9.17) is 11.6 Å². The van der Waals surface area contributed by atoms with Crippen LogP contribution in [0, 0.1) is 0 Å². The van der Waals surface area contributed by atoms with E-state index in [1.165, 1.54) is 30.4 Å². The third-order valence-corrected chi connectivity index (χ3v) is 4.66. The Kier molecular flexibility index (Phi) is 5.78. The summed E-state index contributed by atoms with van der Waals surface area (Å²) in [6.07, 6.45) is 2.45. The van der Waals surface area contributed by atoms with Crippen molar-refractivity contribution in [3.05, 3.63) is 53.6 Å². The molecule has 5 nitrogen and oxygen atoms in total. The molecule has 0 saturated carbocycles. The number of anilines is 3. The van der Waals surface area contributed by atoms with Crippen molar-refractivity contribution in [2.75, 3.05) is 34.8 Å². The summed E-state index contributed by atoms with van der Waals surface area (Å²) in [6.45, 7) is 3.53. The van der Waals surface area contributed by atoms with Gasteiger partial charge in [-0.2, -0.15) is 0 Å². The minimum atomic E-state index is -0.255. The van der Waals surface area contributed by atoms with Crippen molar-refractivity contribution in [2.45, 2.75) is 19.8 Å². The van der Waals surface area contributed by atoms with E-state index in [-0.39, 0.29) is 18.4 Å². The van der Waals surface area contributed by atoms with Gasteiger partial charge < -0.3 is 15.1 Å². The average Bonchev–Trinajstić information content (AvgIpc) is 3.15. The summed E-state index contributed by atoms with van der Waals surface area (Å²) in [7, 11) is 0. The highest BCUT2D eigenvalue weighted by Gasteiger charge is 2.17. The highest BCUT2D eigenvalue weighted by Crippen LogP contribution is 2.23. The van der Waals surface area contributed by atoms with Crippen LogP contribution in [0.25, 0.3) is 0 Å². The summed E-state index contributed by atoms with van der Waals surface area (Å²) in [5.41, 5.74) is 2.49. The molecule has 0 radical (unpaired) electrons. The van der Waals surface area contributed by atoms with Crippen molar-refractivity contribution < 1.29 is 9.59 Å². The van der Waals surface area contributed by atoms with Gasteiger partial charge in [0.25, 0.3) is 0 Å². The maximum Gasteiger partial charge on any atom is 0.244 e. The molecule has 26 heavy (non-hydrogen) atoms. The molecule has 0 unspecified atom stereocenters. The predicted octanol–water partition coefficient (Wildman–Crippen LogP) is 3.93. The van der Waals surface area contributed by atoms with Crippen LogP contribution in [0.3, 0.4) is 0 Å². The van der Waals surface area contributed by atoms with Crippen molar-refractivity contribution in [3.63, 3.8) is 0 Å². The molecule has 0 atom stereocenters. The summed E-state index contributed by atoms with van der Waals surface area (Å²) in [5.74, 6) is -0.471. The third kappa shape index (κ3) is 4.55. The Morgan fingerprint density at radius 2 is 1.81 bits per heavy atom. The molecule has 2 amide bonds. The van der Waals surface area contributed by atoms with Crippen LogP contribution < -0.4 is 15.1 Å². The number of hydrogen-bond donors (Lipinski definition) is 1. The van der Waals surface area contributed by atoms with Crippen LogP contribution in [0.4, 0.5) is 17.1 Å². The molecule has 1 aliphatic heterocycles. The summed E-state index contributed by atoms with van der Waals surface area (Å²) in [4.78, 5) is 28.0. The quantitative estimate of drug-likeness (QED) is 0.866. The monoisotopic (exact) mass is 371 g/mol. The second-order valence-electron chi connectivity index (χ2n) is 6.37. The van der Waals surface area contributed by atoms with Gasteiger partial charge in [0.15, 0.2) is 0 Å². The molecule has 136 valence electrons. The minimum Gasteiger partial charge on any atom is -0.372 e. The number of halogens is 1. The zero-order valence-corrected chi connectivity index (χ0v) is 15.5.